The van der Waals surface area contributed by atoms with Gasteiger partial charge in [0.25, 0.3) is 6.43 Å². The number of alkyl halides is 2. The number of fused-ring (bicyclic) bond motifs is 1. The van der Waals surface area contributed by atoms with Gasteiger partial charge in [0, 0.05) is 25.6 Å². The van der Waals surface area contributed by atoms with Gasteiger partial charge in [-0.25, -0.2) is 8.78 Å². The molecule has 6 nitrogen and oxygen atoms in total. The van der Waals surface area contributed by atoms with Gasteiger partial charge in [0.05, 0.1) is 6.54 Å². The van der Waals surface area contributed by atoms with Gasteiger partial charge in [0.1, 0.15) is 24.0 Å². The number of piperidine rings is 1. The van der Waals surface area contributed by atoms with E-state index in [0.717, 1.165) is 63.8 Å². The molecule has 0 amide bonds. The molecule has 1 saturated heterocycles. The SMILES string of the molecule is FC(F)COc1ccc(CN2CCC(c3nnc4n3CCNC4)CC2)cc1. The molecular formula is C19H25F2N5O. The van der Waals surface area contributed by atoms with Crippen LogP contribution in [0.4, 0.5) is 8.78 Å². The zero-order chi connectivity index (χ0) is 18.6. The van der Waals surface area contributed by atoms with Gasteiger partial charge in [-0.05, 0) is 43.6 Å². The van der Waals surface area contributed by atoms with Gasteiger partial charge in [-0.1, -0.05) is 12.1 Å². The van der Waals surface area contributed by atoms with E-state index in [1.165, 1.54) is 5.56 Å². The van der Waals surface area contributed by atoms with Crippen LogP contribution >= 0.6 is 0 Å². The summed E-state index contributed by atoms with van der Waals surface area (Å²) >= 11 is 0. The summed E-state index contributed by atoms with van der Waals surface area (Å²) in [4.78, 5) is 2.43. The second kappa shape index (κ2) is 8.31. The Morgan fingerprint density at radius 3 is 2.63 bits per heavy atom. The summed E-state index contributed by atoms with van der Waals surface area (Å²) < 4.78 is 31.7. The molecule has 4 rings (SSSR count). The van der Waals surface area contributed by atoms with E-state index in [-0.39, 0.29) is 0 Å². The molecule has 8 heteroatoms. The van der Waals surface area contributed by atoms with Gasteiger partial charge in [-0.2, -0.15) is 0 Å². The third-order valence-corrected chi connectivity index (χ3v) is 5.31. The van der Waals surface area contributed by atoms with Crippen LogP contribution < -0.4 is 10.1 Å². The molecule has 0 aliphatic carbocycles. The number of hydrogen-bond donors (Lipinski definition) is 1. The molecule has 146 valence electrons. The van der Waals surface area contributed by atoms with Crippen LogP contribution in [0, 0.1) is 0 Å². The molecule has 0 bridgehead atoms. The molecule has 0 spiro atoms. The minimum Gasteiger partial charge on any atom is -0.488 e. The highest BCUT2D eigenvalue weighted by Crippen LogP contribution is 2.28. The fourth-order valence-electron chi connectivity index (χ4n) is 3.87. The molecule has 2 aliphatic rings. The Morgan fingerprint density at radius 1 is 1.11 bits per heavy atom. The predicted octanol–water partition coefficient (Wildman–Crippen LogP) is 2.40. The van der Waals surface area contributed by atoms with Crippen molar-refractivity contribution in [3.05, 3.63) is 41.5 Å². The number of aromatic nitrogens is 3. The standard InChI is InChI=1S/C19H25F2N5O/c20-17(21)13-27-16-3-1-14(2-4-16)12-25-8-5-15(6-9-25)19-24-23-18-11-22-7-10-26(18)19/h1-4,15,17,22H,5-13H2. The molecule has 1 fully saturated rings. The van der Waals surface area contributed by atoms with E-state index < -0.39 is 13.0 Å². The molecule has 0 unspecified atom stereocenters. The fourth-order valence-corrected chi connectivity index (χ4v) is 3.87. The van der Waals surface area contributed by atoms with E-state index in [9.17, 15) is 8.78 Å². The Kier molecular flexibility index (Phi) is 5.63. The van der Waals surface area contributed by atoms with Crippen molar-refractivity contribution in [2.24, 2.45) is 0 Å². The van der Waals surface area contributed by atoms with E-state index in [1.807, 2.05) is 12.1 Å². The van der Waals surface area contributed by atoms with E-state index in [4.69, 9.17) is 4.74 Å². The quantitative estimate of drug-likeness (QED) is 0.838. The Bertz CT molecular complexity index is 741. The molecule has 1 aromatic carbocycles. The van der Waals surface area contributed by atoms with Crippen molar-refractivity contribution in [2.45, 2.75) is 44.8 Å². The van der Waals surface area contributed by atoms with Gasteiger partial charge < -0.3 is 14.6 Å². The molecule has 1 N–H and O–H groups in total. The summed E-state index contributed by atoms with van der Waals surface area (Å²) in [7, 11) is 0. The lowest BCUT2D eigenvalue weighted by atomic mass is 9.95. The largest absolute Gasteiger partial charge is 0.488 e. The van der Waals surface area contributed by atoms with Crippen LogP contribution in [-0.2, 0) is 19.6 Å². The maximum atomic E-state index is 12.2. The summed E-state index contributed by atoms with van der Waals surface area (Å²) in [6.45, 7) is 5.09. The minimum absolute atomic E-state index is 0.478. The first-order chi connectivity index (χ1) is 13.2. The van der Waals surface area contributed by atoms with E-state index >= 15 is 0 Å². The van der Waals surface area contributed by atoms with Crippen molar-refractivity contribution in [2.75, 3.05) is 26.2 Å². The topological polar surface area (TPSA) is 55.2 Å². The maximum absolute atomic E-state index is 12.2. The lowest BCUT2D eigenvalue weighted by molar-refractivity contribution is 0.0819. The van der Waals surface area contributed by atoms with Gasteiger partial charge in [0.15, 0.2) is 0 Å². The van der Waals surface area contributed by atoms with Crippen molar-refractivity contribution in [1.29, 1.82) is 0 Å². The zero-order valence-electron chi connectivity index (χ0n) is 15.3. The number of ether oxygens (including phenoxy) is 1. The minimum atomic E-state index is -2.45. The molecule has 1 aromatic heterocycles. The molecule has 0 saturated carbocycles. The van der Waals surface area contributed by atoms with Crippen molar-refractivity contribution in [3.8, 4) is 5.75 Å². The normalized spacial score (nSPS) is 18.6. The number of nitrogens with zero attached hydrogens (tertiary/aromatic N) is 4. The Morgan fingerprint density at radius 2 is 1.89 bits per heavy atom. The predicted molar refractivity (Wildman–Crippen MR) is 96.9 cm³/mol. The van der Waals surface area contributed by atoms with Gasteiger partial charge in [-0.3, -0.25) is 4.90 Å². The lowest BCUT2D eigenvalue weighted by Gasteiger charge is -2.32. The third kappa shape index (κ3) is 4.44. The molecular weight excluding hydrogens is 352 g/mol. The fraction of sp³-hybridized carbons (Fsp3) is 0.579. The molecule has 0 atom stereocenters. The first-order valence-corrected chi connectivity index (χ1v) is 9.54. The summed E-state index contributed by atoms with van der Waals surface area (Å²) in [5.41, 5.74) is 1.17. The highest BCUT2D eigenvalue weighted by molar-refractivity contribution is 5.27. The van der Waals surface area contributed by atoms with Gasteiger partial charge in [-0.15, -0.1) is 10.2 Å². The average molecular weight is 377 g/mol. The van der Waals surface area contributed by atoms with E-state index in [0.29, 0.717) is 11.7 Å². The summed E-state index contributed by atoms with van der Waals surface area (Å²) in [6, 6.07) is 7.44. The van der Waals surface area contributed by atoms with E-state index in [1.54, 1.807) is 12.1 Å². The van der Waals surface area contributed by atoms with Crippen LogP contribution in [0.25, 0.3) is 0 Å². The monoisotopic (exact) mass is 377 g/mol. The van der Waals surface area contributed by atoms with Gasteiger partial charge in [0.2, 0.25) is 0 Å². The van der Waals surface area contributed by atoms with Crippen molar-refractivity contribution < 1.29 is 13.5 Å². The van der Waals surface area contributed by atoms with Crippen LogP contribution in [0.15, 0.2) is 24.3 Å². The van der Waals surface area contributed by atoms with Crippen LogP contribution in [0.5, 0.6) is 5.75 Å². The van der Waals surface area contributed by atoms with Crippen LogP contribution in [0.1, 0.15) is 36.0 Å². The smallest absolute Gasteiger partial charge is 0.272 e. The Balaban J connectivity index is 1.29. The van der Waals surface area contributed by atoms with Crippen molar-refractivity contribution in [3.63, 3.8) is 0 Å². The molecule has 2 aromatic rings. The van der Waals surface area contributed by atoms with Crippen LogP contribution in [0.2, 0.25) is 0 Å². The molecule has 2 aliphatic heterocycles. The van der Waals surface area contributed by atoms with Crippen molar-refractivity contribution >= 4 is 0 Å². The number of likely N-dealkylation sites (tertiary alicyclic amines) is 1. The Hall–Kier alpha value is -2.06. The number of rotatable bonds is 6. The van der Waals surface area contributed by atoms with Gasteiger partial charge >= 0.3 is 0 Å². The number of nitrogens with one attached hydrogen (secondary N) is 1. The molecule has 27 heavy (non-hydrogen) atoms. The van der Waals surface area contributed by atoms with E-state index in [2.05, 4.69) is 25.0 Å². The Labute approximate surface area is 157 Å². The number of halogens is 2. The van der Waals surface area contributed by atoms with Crippen LogP contribution in [-0.4, -0.2) is 52.3 Å². The summed E-state index contributed by atoms with van der Waals surface area (Å²) in [5, 5.41) is 12.1. The maximum Gasteiger partial charge on any atom is 0.272 e. The lowest BCUT2D eigenvalue weighted by Crippen LogP contribution is -2.34. The summed E-state index contributed by atoms with van der Waals surface area (Å²) in [6.07, 6.45) is -0.277. The second-order valence-corrected chi connectivity index (χ2v) is 7.20. The highest BCUT2D eigenvalue weighted by atomic mass is 19.3. The third-order valence-electron chi connectivity index (χ3n) is 5.31. The second-order valence-electron chi connectivity index (χ2n) is 7.20. The van der Waals surface area contributed by atoms with Crippen molar-refractivity contribution in [1.82, 2.24) is 25.0 Å². The summed E-state index contributed by atoms with van der Waals surface area (Å²) in [5.74, 6) is 3.16. The molecule has 3 heterocycles. The number of benzene rings is 1. The zero-order valence-corrected chi connectivity index (χ0v) is 15.3. The molecule has 0 radical (unpaired) electrons. The highest BCUT2D eigenvalue weighted by Gasteiger charge is 2.26. The number of hydrogen-bond acceptors (Lipinski definition) is 5. The van der Waals surface area contributed by atoms with Crippen LogP contribution in [0.3, 0.4) is 0 Å². The first kappa shape index (κ1) is 18.3. The average Bonchev–Trinajstić information content (AvgIpc) is 3.12. The first-order valence-electron chi connectivity index (χ1n) is 9.54.